The van der Waals surface area contributed by atoms with Crippen LogP contribution in [0.25, 0.3) is 16.6 Å². The van der Waals surface area contributed by atoms with E-state index in [4.69, 9.17) is 14.6 Å². The number of carbonyl (C=O) groups is 5. The van der Waals surface area contributed by atoms with Gasteiger partial charge in [0.1, 0.15) is 29.2 Å². The summed E-state index contributed by atoms with van der Waals surface area (Å²) in [6.07, 6.45) is 15.3. The lowest BCUT2D eigenvalue weighted by atomic mass is 9.83. The lowest BCUT2D eigenvalue weighted by molar-refractivity contribution is -0.136. The van der Waals surface area contributed by atoms with Gasteiger partial charge in [0.05, 0.1) is 41.2 Å². The zero-order valence-electron chi connectivity index (χ0n) is 32.7. The molecule has 59 heavy (non-hydrogen) atoms. The lowest BCUT2D eigenvalue weighted by Crippen LogP contribution is -2.54. The predicted molar refractivity (Wildman–Crippen MR) is 213 cm³/mol. The summed E-state index contributed by atoms with van der Waals surface area (Å²) in [6, 6.07) is 10.7. The van der Waals surface area contributed by atoms with E-state index < -0.39 is 29.7 Å². The Morgan fingerprint density at radius 1 is 0.966 bits per heavy atom. The van der Waals surface area contributed by atoms with Crippen molar-refractivity contribution in [3.63, 3.8) is 0 Å². The summed E-state index contributed by atoms with van der Waals surface area (Å²) < 4.78 is 16.2. The van der Waals surface area contributed by atoms with Crippen LogP contribution in [0.15, 0.2) is 61.2 Å². The Hall–Kier alpha value is -6.16. The van der Waals surface area contributed by atoms with Crippen LogP contribution in [0, 0.1) is 5.92 Å². The fraction of sp³-hybridized carbons (Fsp3) is 0.442. The van der Waals surface area contributed by atoms with Gasteiger partial charge in [0, 0.05) is 61.4 Å². The second kappa shape index (κ2) is 14.9. The molecule has 0 spiro atoms. The normalized spacial score (nSPS) is 24.4. The molecule has 2 aromatic carbocycles. The van der Waals surface area contributed by atoms with Gasteiger partial charge in [-0.2, -0.15) is 10.2 Å². The molecule has 1 unspecified atom stereocenters. The molecule has 2 N–H and O–H groups in total. The highest BCUT2D eigenvalue weighted by molar-refractivity contribution is 6.23. The van der Waals surface area contributed by atoms with Crippen molar-refractivity contribution >= 4 is 51.8 Å². The third-order valence-corrected chi connectivity index (χ3v) is 12.7. The minimum absolute atomic E-state index is 0.0116. The first-order valence-electron chi connectivity index (χ1n) is 20.7. The Morgan fingerprint density at radius 3 is 2.56 bits per heavy atom. The molecule has 10 rings (SSSR count). The number of rotatable bonds is 12. The molecule has 5 heterocycles. The molecule has 2 aliphatic heterocycles. The van der Waals surface area contributed by atoms with Crippen LogP contribution in [0.3, 0.4) is 0 Å². The number of fused-ring (bicyclic) bond motifs is 3. The van der Waals surface area contributed by atoms with Gasteiger partial charge in [0.15, 0.2) is 5.65 Å². The van der Waals surface area contributed by atoms with Gasteiger partial charge in [-0.25, -0.2) is 9.50 Å². The first-order valence-corrected chi connectivity index (χ1v) is 20.7. The third-order valence-electron chi connectivity index (χ3n) is 12.7. The summed E-state index contributed by atoms with van der Waals surface area (Å²) in [5, 5.41) is 15.5. The molecular formula is C43H45N9O7. The summed E-state index contributed by atoms with van der Waals surface area (Å²) >= 11 is 0. The van der Waals surface area contributed by atoms with E-state index in [1.165, 1.54) is 6.20 Å². The van der Waals surface area contributed by atoms with E-state index in [1.54, 1.807) is 41.2 Å². The number of hydrogen-bond donors (Lipinski definition) is 2. The Labute approximate surface area is 339 Å². The number of benzene rings is 2. The van der Waals surface area contributed by atoms with Gasteiger partial charge in [-0.3, -0.25) is 43.8 Å². The number of anilines is 1. The standard InChI is InChI=1S/C43H45N9O7/c1-2-49(28-17-30(18-28)59-29-10-11-31-32(19-29)43(57)52(42(31)56)36-12-13-38(53)47-41(36)55)26-6-8-27(9-7-26)51-22-25-16-35(37(20-34(25)48-51)58-23-24-4-5-24)46-40(54)33-21-45-50-15-3-14-44-39(33)50/h3,10-11,14-16,19-22,24,26-28,30,36H,2,4-9,12-13,17-18,23H2,1H3,(H,46,54)(H,47,53,55). The van der Waals surface area contributed by atoms with Crippen LogP contribution in [0.5, 0.6) is 11.5 Å². The molecule has 4 fully saturated rings. The van der Waals surface area contributed by atoms with Crippen LogP contribution in [-0.4, -0.2) is 101 Å². The average Bonchev–Trinajstić information content (AvgIpc) is 3.72. The molecular weight excluding hydrogens is 755 g/mol. The number of carbonyl (C=O) groups excluding carboxylic acids is 5. The molecule has 3 aromatic heterocycles. The molecule has 1 saturated heterocycles. The zero-order valence-corrected chi connectivity index (χ0v) is 32.7. The topological polar surface area (TPSA) is 182 Å². The van der Waals surface area contributed by atoms with E-state index >= 15 is 0 Å². The number of aromatic nitrogens is 5. The molecule has 5 aromatic rings. The molecule has 5 amide bonds. The second-order valence-electron chi connectivity index (χ2n) is 16.5. The number of nitrogens with one attached hydrogen (secondary N) is 2. The summed E-state index contributed by atoms with van der Waals surface area (Å²) in [7, 11) is 0. The number of hydrogen-bond acceptors (Lipinski definition) is 11. The van der Waals surface area contributed by atoms with Gasteiger partial charge >= 0.3 is 0 Å². The molecule has 16 heteroatoms. The summed E-state index contributed by atoms with van der Waals surface area (Å²) in [5.41, 5.74) is 2.75. The molecule has 1 atom stereocenters. The highest BCUT2D eigenvalue weighted by Crippen LogP contribution is 2.40. The predicted octanol–water partition coefficient (Wildman–Crippen LogP) is 4.94. The van der Waals surface area contributed by atoms with Crippen molar-refractivity contribution in [3.8, 4) is 11.5 Å². The fourth-order valence-corrected chi connectivity index (χ4v) is 9.23. The minimum Gasteiger partial charge on any atom is -0.491 e. The Kier molecular flexibility index (Phi) is 9.38. The van der Waals surface area contributed by atoms with Crippen molar-refractivity contribution in [2.45, 2.75) is 101 Å². The van der Waals surface area contributed by atoms with E-state index in [0.717, 1.165) is 73.7 Å². The third kappa shape index (κ3) is 6.98. The molecule has 0 bridgehead atoms. The van der Waals surface area contributed by atoms with E-state index in [0.29, 0.717) is 53.0 Å². The van der Waals surface area contributed by atoms with Crippen molar-refractivity contribution in [2.75, 3.05) is 18.5 Å². The van der Waals surface area contributed by atoms with E-state index in [9.17, 15) is 24.0 Å². The number of piperidine rings is 1. The van der Waals surface area contributed by atoms with E-state index in [1.807, 2.05) is 12.1 Å². The monoisotopic (exact) mass is 799 g/mol. The Balaban J connectivity index is 0.759. The molecule has 0 radical (unpaired) electrons. The quantitative estimate of drug-likeness (QED) is 0.163. The SMILES string of the molecule is CCN(C1CCC(n2cc3cc(NC(=O)c4cnn5cccnc45)c(OCC4CC4)cc3n2)CC1)C1CC(Oc2ccc3c(c2)C(=O)N(C2CCC(=O)NC2=O)C3=O)C1. The van der Waals surface area contributed by atoms with Gasteiger partial charge < -0.3 is 14.8 Å². The van der Waals surface area contributed by atoms with Crippen LogP contribution in [0.1, 0.15) is 108 Å². The second-order valence-corrected chi connectivity index (χ2v) is 16.5. The summed E-state index contributed by atoms with van der Waals surface area (Å²) in [4.78, 5) is 71.9. The van der Waals surface area contributed by atoms with E-state index in [2.05, 4.69) is 43.4 Å². The van der Waals surface area contributed by atoms with Crippen molar-refractivity contribution in [2.24, 2.45) is 5.92 Å². The Morgan fingerprint density at radius 2 is 1.78 bits per heavy atom. The zero-order chi connectivity index (χ0) is 40.4. The van der Waals surface area contributed by atoms with Crippen molar-refractivity contribution in [1.82, 2.24) is 39.5 Å². The van der Waals surface area contributed by atoms with Crippen LogP contribution in [0.4, 0.5) is 5.69 Å². The van der Waals surface area contributed by atoms with Crippen LogP contribution in [0.2, 0.25) is 0 Å². The number of nitrogens with zero attached hydrogens (tertiary/aromatic N) is 7. The van der Waals surface area contributed by atoms with Gasteiger partial charge in [-0.05, 0) is 87.7 Å². The molecule has 3 aliphatic carbocycles. The minimum atomic E-state index is -1.00. The van der Waals surface area contributed by atoms with Gasteiger partial charge in [0.2, 0.25) is 11.8 Å². The van der Waals surface area contributed by atoms with Gasteiger partial charge in [0.25, 0.3) is 17.7 Å². The van der Waals surface area contributed by atoms with Crippen molar-refractivity contribution in [1.29, 1.82) is 0 Å². The first-order chi connectivity index (χ1) is 28.7. The molecule has 304 valence electrons. The molecule has 3 saturated carbocycles. The van der Waals surface area contributed by atoms with Crippen LogP contribution < -0.4 is 20.1 Å². The molecule has 16 nitrogen and oxygen atoms in total. The summed E-state index contributed by atoms with van der Waals surface area (Å²) in [5.74, 6) is -0.735. The van der Waals surface area contributed by atoms with E-state index in [-0.39, 0.29) is 42.0 Å². The smallest absolute Gasteiger partial charge is 0.262 e. The number of amides is 5. The molecule has 5 aliphatic rings. The number of ether oxygens (including phenoxy) is 2. The van der Waals surface area contributed by atoms with Crippen molar-refractivity contribution < 1.29 is 33.4 Å². The average molecular weight is 800 g/mol. The Bertz CT molecular complexity index is 2510. The maximum Gasteiger partial charge on any atom is 0.262 e. The maximum atomic E-state index is 13.5. The number of imide groups is 2. The largest absolute Gasteiger partial charge is 0.491 e. The lowest BCUT2D eigenvalue weighted by Gasteiger charge is -2.47. The van der Waals surface area contributed by atoms with Gasteiger partial charge in [-0.1, -0.05) is 6.92 Å². The highest BCUT2D eigenvalue weighted by Gasteiger charge is 2.45. The van der Waals surface area contributed by atoms with Crippen LogP contribution >= 0.6 is 0 Å². The van der Waals surface area contributed by atoms with Crippen molar-refractivity contribution in [3.05, 3.63) is 77.9 Å². The fourth-order valence-electron chi connectivity index (χ4n) is 9.23. The maximum absolute atomic E-state index is 13.5. The highest BCUT2D eigenvalue weighted by atomic mass is 16.5. The first kappa shape index (κ1) is 37.1. The van der Waals surface area contributed by atoms with Crippen LogP contribution in [-0.2, 0) is 9.59 Å². The summed E-state index contributed by atoms with van der Waals surface area (Å²) in [6.45, 7) is 3.75. The van der Waals surface area contributed by atoms with Gasteiger partial charge in [-0.15, -0.1) is 0 Å².